The molecular formula is C14H27NO7. The van der Waals surface area contributed by atoms with E-state index in [4.69, 9.17) is 14.2 Å². The van der Waals surface area contributed by atoms with Crippen LogP contribution < -0.4 is 5.32 Å². The van der Waals surface area contributed by atoms with Gasteiger partial charge in [0, 0.05) is 13.5 Å². The third-order valence-electron chi connectivity index (χ3n) is 3.40. The van der Waals surface area contributed by atoms with Gasteiger partial charge in [-0.3, -0.25) is 4.79 Å². The number of carbonyl (C=O) groups is 1. The number of unbranched alkanes of at least 4 members (excludes halogenated alkanes) is 1. The molecule has 1 amide bonds. The largest absolute Gasteiger partial charge is 0.394 e. The minimum atomic E-state index is -1.30. The maximum Gasteiger partial charge on any atom is 0.217 e. The third kappa shape index (κ3) is 5.79. The number of rotatable bonds is 9. The fraction of sp³-hybridized carbons (Fsp3) is 0.929. The summed E-state index contributed by atoms with van der Waals surface area (Å²) in [6.45, 7) is 4.11. The van der Waals surface area contributed by atoms with Crippen LogP contribution in [-0.4, -0.2) is 78.3 Å². The van der Waals surface area contributed by atoms with Gasteiger partial charge in [0.15, 0.2) is 6.29 Å². The van der Waals surface area contributed by atoms with Crippen LogP contribution in [0.25, 0.3) is 0 Å². The SMILES string of the molecule is CCCCOCCO[C@H]1O[C@H](CO)[C@@H](O)[C@H](O)[C@H]1NC(C)=O. The molecule has 0 bridgehead atoms. The van der Waals surface area contributed by atoms with E-state index in [9.17, 15) is 20.1 Å². The second-order valence-electron chi connectivity index (χ2n) is 5.27. The number of carbonyl (C=O) groups excluding carboxylic acids is 1. The van der Waals surface area contributed by atoms with Gasteiger partial charge in [0.25, 0.3) is 0 Å². The van der Waals surface area contributed by atoms with Gasteiger partial charge in [-0.1, -0.05) is 13.3 Å². The topological polar surface area (TPSA) is 117 Å². The summed E-state index contributed by atoms with van der Waals surface area (Å²) >= 11 is 0. The Morgan fingerprint density at radius 1 is 1.23 bits per heavy atom. The Hall–Kier alpha value is -0.770. The first-order valence-corrected chi connectivity index (χ1v) is 7.60. The van der Waals surface area contributed by atoms with Gasteiger partial charge in [-0.15, -0.1) is 0 Å². The van der Waals surface area contributed by atoms with E-state index in [2.05, 4.69) is 12.2 Å². The van der Waals surface area contributed by atoms with Crippen LogP contribution in [0.5, 0.6) is 0 Å². The summed E-state index contributed by atoms with van der Waals surface area (Å²) in [7, 11) is 0. The lowest BCUT2D eigenvalue weighted by atomic mass is 9.97. The van der Waals surface area contributed by atoms with Crippen molar-refractivity contribution in [3.05, 3.63) is 0 Å². The Bertz CT molecular complexity index is 328. The maximum absolute atomic E-state index is 11.2. The van der Waals surface area contributed by atoms with Gasteiger partial charge in [-0.2, -0.15) is 0 Å². The second kappa shape index (κ2) is 10.1. The highest BCUT2D eigenvalue weighted by atomic mass is 16.7. The van der Waals surface area contributed by atoms with Crippen LogP contribution in [0.3, 0.4) is 0 Å². The Balaban J connectivity index is 2.52. The predicted octanol–water partition coefficient (Wildman–Crippen LogP) is -1.24. The summed E-state index contributed by atoms with van der Waals surface area (Å²) in [5.74, 6) is -0.380. The summed E-state index contributed by atoms with van der Waals surface area (Å²) in [5, 5.41) is 31.6. The average molecular weight is 321 g/mol. The van der Waals surface area contributed by atoms with Gasteiger partial charge >= 0.3 is 0 Å². The van der Waals surface area contributed by atoms with Crippen molar-refractivity contribution in [2.24, 2.45) is 0 Å². The van der Waals surface area contributed by atoms with Gasteiger partial charge in [0.05, 0.1) is 19.8 Å². The van der Waals surface area contributed by atoms with Crippen LogP contribution >= 0.6 is 0 Å². The fourth-order valence-electron chi connectivity index (χ4n) is 2.18. The van der Waals surface area contributed by atoms with E-state index < -0.39 is 37.3 Å². The van der Waals surface area contributed by atoms with E-state index in [1.807, 2.05) is 0 Å². The first-order chi connectivity index (χ1) is 10.5. The van der Waals surface area contributed by atoms with Gasteiger partial charge in [0.2, 0.25) is 5.91 Å². The lowest BCUT2D eigenvalue weighted by Crippen LogP contribution is -2.64. The molecule has 0 saturated carbocycles. The van der Waals surface area contributed by atoms with E-state index in [1.165, 1.54) is 6.92 Å². The van der Waals surface area contributed by atoms with E-state index in [1.54, 1.807) is 0 Å². The van der Waals surface area contributed by atoms with Crippen molar-refractivity contribution in [2.45, 2.75) is 57.3 Å². The van der Waals surface area contributed by atoms with Crippen molar-refractivity contribution in [3.8, 4) is 0 Å². The maximum atomic E-state index is 11.2. The molecular weight excluding hydrogens is 294 g/mol. The van der Waals surface area contributed by atoms with Crippen LogP contribution in [0.2, 0.25) is 0 Å². The lowest BCUT2D eigenvalue weighted by Gasteiger charge is -2.42. The van der Waals surface area contributed by atoms with Gasteiger partial charge in [0.1, 0.15) is 24.4 Å². The number of ether oxygens (including phenoxy) is 3. The van der Waals surface area contributed by atoms with E-state index >= 15 is 0 Å². The standard InChI is InChI=1S/C14H27NO7/c1-3-4-5-20-6-7-21-14-11(15-9(2)17)13(19)12(18)10(8-16)22-14/h10-14,16,18-19H,3-8H2,1-2H3,(H,15,17)/t10-,11-,12-,13-,14+/m1/s1. The van der Waals surface area contributed by atoms with Crippen molar-refractivity contribution < 1.29 is 34.3 Å². The summed E-state index contributed by atoms with van der Waals surface area (Å²) < 4.78 is 16.2. The van der Waals surface area contributed by atoms with E-state index in [0.29, 0.717) is 13.2 Å². The molecule has 0 spiro atoms. The molecule has 1 aliphatic rings. The Morgan fingerprint density at radius 3 is 2.55 bits per heavy atom. The fourth-order valence-corrected chi connectivity index (χ4v) is 2.18. The second-order valence-corrected chi connectivity index (χ2v) is 5.27. The number of aliphatic hydroxyl groups excluding tert-OH is 3. The zero-order valence-electron chi connectivity index (χ0n) is 13.1. The highest BCUT2D eigenvalue weighted by Crippen LogP contribution is 2.22. The first kappa shape index (κ1) is 19.3. The monoisotopic (exact) mass is 321 g/mol. The summed E-state index contributed by atoms with van der Waals surface area (Å²) in [6, 6.07) is -0.911. The number of aliphatic hydroxyl groups is 3. The minimum Gasteiger partial charge on any atom is -0.394 e. The van der Waals surface area contributed by atoms with Crippen molar-refractivity contribution >= 4 is 5.91 Å². The minimum absolute atomic E-state index is 0.214. The summed E-state index contributed by atoms with van der Waals surface area (Å²) in [6.07, 6.45) is -2.52. The van der Waals surface area contributed by atoms with Crippen molar-refractivity contribution in [2.75, 3.05) is 26.4 Å². The molecule has 22 heavy (non-hydrogen) atoms. The molecule has 130 valence electrons. The molecule has 0 radical (unpaired) electrons. The Labute approximate surface area is 130 Å². The summed E-state index contributed by atoms with van der Waals surface area (Å²) in [4.78, 5) is 11.2. The molecule has 1 fully saturated rings. The van der Waals surface area contributed by atoms with Crippen molar-refractivity contribution in [3.63, 3.8) is 0 Å². The molecule has 0 unspecified atom stereocenters. The highest BCUT2D eigenvalue weighted by Gasteiger charge is 2.45. The number of nitrogens with one attached hydrogen (secondary N) is 1. The first-order valence-electron chi connectivity index (χ1n) is 7.60. The number of amides is 1. The lowest BCUT2D eigenvalue weighted by molar-refractivity contribution is -0.272. The normalized spacial score (nSPS) is 32.0. The summed E-state index contributed by atoms with van der Waals surface area (Å²) in [5.41, 5.74) is 0. The Kier molecular flexibility index (Phi) is 8.84. The number of hydrogen-bond acceptors (Lipinski definition) is 7. The number of hydrogen-bond donors (Lipinski definition) is 4. The van der Waals surface area contributed by atoms with Crippen molar-refractivity contribution in [1.82, 2.24) is 5.32 Å². The zero-order chi connectivity index (χ0) is 16.5. The molecule has 1 aliphatic heterocycles. The smallest absolute Gasteiger partial charge is 0.217 e. The van der Waals surface area contributed by atoms with Gasteiger partial charge < -0.3 is 34.8 Å². The third-order valence-corrected chi connectivity index (χ3v) is 3.40. The molecule has 1 rings (SSSR count). The molecule has 0 aromatic heterocycles. The molecule has 4 N–H and O–H groups in total. The molecule has 0 aromatic rings. The molecule has 5 atom stereocenters. The average Bonchev–Trinajstić information content (AvgIpc) is 2.49. The molecule has 0 aliphatic carbocycles. The molecule has 1 saturated heterocycles. The van der Waals surface area contributed by atoms with Crippen LogP contribution in [0.4, 0.5) is 0 Å². The van der Waals surface area contributed by atoms with Gasteiger partial charge in [-0.25, -0.2) is 0 Å². The zero-order valence-corrected chi connectivity index (χ0v) is 13.1. The molecule has 8 heteroatoms. The van der Waals surface area contributed by atoms with Crippen LogP contribution in [-0.2, 0) is 19.0 Å². The quantitative estimate of drug-likeness (QED) is 0.393. The van der Waals surface area contributed by atoms with Crippen molar-refractivity contribution in [1.29, 1.82) is 0 Å². The van der Waals surface area contributed by atoms with Crippen LogP contribution in [0.15, 0.2) is 0 Å². The van der Waals surface area contributed by atoms with Crippen LogP contribution in [0, 0.1) is 0 Å². The van der Waals surface area contributed by atoms with E-state index in [0.717, 1.165) is 12.8 Å². The van der Waals surface area contributed by atoms with Gasteiger partial charge in [-0.05, 0) is 6.42 Å². The highest BCUT2D eigenvalue weighted by molar-refractivity contribution is 5.73. The predicted molar refractivity (Wildman–Crippen MR) is 77.0 cm³/mol. The Morgan fingerprint density at radius 2 is 1.95 bits per heavy atom. The molecule has 0 aromatic carbocycles. The molecule has 8 nitrogen and oxygen atoms in total. The van der Waals surface area contributed by atoms with E-state index in [-0.39, 0.29) is 12.5 Å². The van der Waals surface area contributed by atoms with Crippen LogP contribution in [0.1, 0.15) is 26.7 Å². The molecule has 1 heterocycles.